The molecule has 0 saturated carbocycles. The van der Waals surface area contributed by atoms with Crippen LogP contribution in [0.3, 0.4) is 0 Å². The van der Waals surface area contributed by atoms with Gasteiger partial charge in [-0.3, -0.25) is 4.89 Å². The van der Waals surface area contributed by atoms with Crippen LogP contribution < -0.4 is 10.3 Å². The van der Waals surface area contributed by atoms with Crippen LogP contribution in [0.15, 0.2) is 30.3 Å². The van der Waals surface area contributed by atoms with E-state index >= 15 is 0 Å². The molecule has 8 heteroatoms. The van der Waals surface area contributed by atoms with Gasteiger partial charge in [-0.25, -0.2) is 9.36 Å². The number of rotatable bonds is 10. The molecule has 1 aromatic carbocycles. The Bertz CT molecular complexity index is 495. The monoisotopic (exact) mass is 331 g/mol. The molecular weight excluding hydrogens is 309 g/mol. The van der Waals surface area contributed by atoms with Crippen LogP contribution in [0.25, 0.3) is 0 Å². The van der Waals surface area contributed by atoms with Crippen molar-refractivity contribution < 1.29 is 28.0 Å². The first kappa shape index (κ1) is 18.6. The van der Waals surface area contributed by atoms with Crippen molar-refractivity contribution in [2.75, 3.05) is 13.2 Å². The van der Waals surface area contributed by atoms with Gasteiger partial charge in [0, 0.05) is 6.61 Å². The summed E-state index contributed by atoms with van der Waals surface area (Å²) >= 11 is 0. The van der Waals surface area contributed by atoms with Gasteiger partial charge in [-0.15, -0.1) is 0 Å². The molecule has 0 aromatic heterocycles. The molecule has 0 heterocycles. The standard InChI is InChI=1S/C14H22NO6P/c1-2-3-7-10-19-11-13(15)14(16)21-22(17,18)20-12-8-5-4-6-9-12/h4-6,8-9,13H,2-3,7,10-11,15H2,1H3,(H,17,18)/t13-/m0/s1. The van der Waals surface area contributed by atoms with E-state index in [2.05, 4.69) is 11.4 Å². The van der Waals surface area contributed by atoms with Gasteiger partial charge in [0.05, 0.1) is 6.61 Å². The van der Waals surface area contributed by atoms with Crippen LogP contribution in [-0.4, -0.2) is 30.1 Å². The Morgan fingerprint density at radius 3 is 2.64 bits per heavy atom. The van der Waals surface area contributed by atoms with Crippen molar-refractivity contribution in [2.45, 2.75) is 32.2 Å². The molecule has 1 rings (SSSR count). The minimum atomic E-state index is -4.56. The summed E-state index contributed by atoms with van der Waals surface area (Å²) in [6, 6.07) is 6.75. The summed E-state index contributed by atoms with van der Waals surface area (Å²) in [5, 5.41) is 0. The summed E-state index contributed by atoms with van der Waals surface area (Å²) in [6.07, 6.45) is 2.95. The summed E-state index contributed by atoms with van der Waals surface area (Å²) in [5.41, 5.74) is 5.55. The van der Waals surface area contributed by atoms with Gasteiger partial charge in [-0.2, -0.15) is 0 Å². The van der Waals surface area contributed by atoms with E-state index in [4.69, 9.17) is 15.0 Å². The van der Waals surface area contributed by atoms with E-state index in [0.29, 0.717) is 6.61 Å². The third kappa shape index (κ3) is 7.56. The van der Waals surface area contributed by atoms with E-state index in [1.165, 1.54) is 12.1 Å². The van der Waals surface area contributed by atoms with Crippen molar-refractivity contribution in [3.63, 3.8) is 0 Å². The van der Waals surface area contributed by atoms with E-state index in [0.717, 1.165) is 19.3 Å². The SMILES string of the molecule is CCCCCOC[C@H](N)C(=O)OP(=O)(O)Oc1ccccc1. The van der Waals surface area contributed by atoms with Crippen LogP contribution in [0.4, 0.5) is 0 Å². The Morgan fingerprint density at radius 1 is 1.32 bits per heavy atom. The number of hydrogen-bond donors (Lipinski definition) is 2. The Kier molecular flexibility index (Phi) is 8.12. The third-order valence-electron chi connectivity index (χ3n) is 2.66. The highest BCUT2D eigenvalue weighted by Gasteiger charge is 2.31. The van der Waals surface area contributed by atoms with Crippen molar-refractivity contribution >= 4 is 13.8 Å². The predicted octanol–water partition coefficient (Wildman–Crippen LogP) is 2.24. The number of hydrogen-bond acceptors (Lipinski definition) is 6. The number of phosphoric ester groups is 1. The molecule has 22 heavy (non-hydrogen) atoms. The number of phosphoric acid groups is 1. The second kappa shape index (κ2) is 9.58. The summed E-state index contributed by atoms with van der Waals surface area (Å²) < 4.78 is 26.1. The Morgan fingerprint density at radius 2 is 2.00 bits per heavy atom. The molecule has 0 aliphatic carbocycles. The summed E-state index contributed by atoms with van der Waals surface area (Å²) in [5.74, 6) is -0.928. The van der Waals surface area contributed by atoms with Gasteiger partial charge in [-0.1, -0.05) is 38.0 Å². The first-order valence-corrected chi connectivity index (χ1v) is 8.58. The molecular formula is C14H22NO6P. The van der Waals surface area contributed by atoms with Crippen molar-refractivity contribution in [1.29, 1.82) is 0 Å². The number of carbonyl (C=O) groups is 1. The minimum Gasteiger partial charge on any atom is -0.395 e. The van der Waals surface area contributed by atoms with Crippen molar-refractivity contribution in [3.05, 3.63) is 30.3 Å². The number of carbonyl (C=O) groups excluding carboxylic acids is 1. The highest BCUT2D eigenvalue weighted by Crippen LogP contribution is 2.43. The van der Waals surface area contributed by atoms with Crippen molar-refractivity contribution in [3.8, 4) is 5.75 Å². The lowest BCUT2D eigenvalue weighted by Gasteiger charge is -2.15. The van der Waals surface area contributed by atoms with E-state index in [1.54, 1.807) is 18.2 Å². The smallest absolute Gasteiger partial charge is 0.395 e. The molecule has 0 aliphatic rings. The Labute approximate surface area is 130 Å². The molecule has 0 bridgehead atoms. The van der Waals surface area contributed by atoms with E-state index in [9.17, 15) is 14.3 Å². The van der Waals surface area contributed by atoms with Crippen molar-refractivity contribution in [2.24, 2.45) is 5.73 Å². The van der Waals surface area contributed by atoms with Gasteiger partial charge in [0.2, 0.25) is 0 Å². The molecule has 0 saturated heterocycles. The largest absolute Gasteiger partial charge is 0.587 e. The van der Waals surface area contributed by atoms with Crippen LogP contribution in [0, 0.1) is 0 Å². The predicted molar refractivity (Wildman–Crippen MR) is 81.3 cm³/mol. The zero-order chi connectivity index (χ0) is 16.4. The number of unbranched alkanes of at least 4 members (excludes halogenated alkanes) is 2. The molecule has 0 fully saturated rings. The molecule has 0 aliphatic heterocycles. The van der Waals surface area contributed by atoms with Crippen LogP contribution in [0.5, 0.6) is 5.75 Å². The number of nitrogens with two attached hydrogens (primary N) is 1. The number of benzene rings is 1. The fourth-order valence-electron chi connectivity index (χ4n) is 1.55. The van der Waals surface area contributed by atoms with E-state index in [-0.39, 0.29) is 12.4 Å². The highest BCUT2D eigenvalue weighted by atomic mass is 31.2. The van der Waals surface area contributed by atoms with Crippen molar-refractivity contribution in [1.82, 2.24) is 0 Å². The van der Waals surface area contributed by atoms with Gasteiger partial charge in [0.25, 0.3) is 0 Å². The zero-order valence-electron chi connectivity index (χ0n) is 12.5. The average Bonchev–Trinajstić information content (AvgIpc) is 2.46. The fourth-order valence-corrected chi connectivity index (χ4v) is 2.34. The normalized spacial score (nSPS) is 14.9. The van der Waals surface area contributed by atoms with Crippen LogP contribution >= 0.6 is 7.82 Å². The Hall–Kier alpha value is -1.40. The summed E-state index contributed by atoms with van der Waals surface area (Å²) in [7, 11) is -4.56. The Balaban J connectivity index is 2.37. The molecule has 1 aromatic rings. The maximum Gasteiger partial charge on any atom is 0.587 e. The average molecular weight is 331 g/mol. The van der Waals surface area contributed by atoms with Gasteiger partial charge in [0.1, 0.15) is 11.8 Å². The first-order valence-electron chi connectivity index (χ1n) is 7.09. The third-order valence-corrected chi connectivity index (χ3v) is 3.51. The van der Waals surface area contributed by atoms with Crippen LogP contribution in [0.2, 0.25) is 0 Å². The molecule has 0 amide bonds. The maximum atomic E-state index is 11.7. The minimum absolute atomic E-state index is 0.0755. The van der Waals surface area contributed by atoms with E-state index < -0.39 is 19.8 Å². The molecule has 1 unspecified atom stereocenters. The number of ether oxygens (including phenoxy) is 1. The molecule has 7 nitrogen and oxygen atoms in total. The van der Waals surface area contributed by atoms with Crippen LogP contribution in [-0.2, 0) is 18.6 Å². The molecule has 2 atom stereocenters. The lowest BCUT2D eigenvalue weighted by molar-refractivity contribution is -0.138. The molecule has 0 radical (unpaired) electrons. The fraction of sp³-hybridized carbons (Fsp3) is 0.500. The van der Waals surface area contributed by atoms with Gasteiger partial charge < -0.3 is 19.5 Å². The molecule has 3 N–H and O–H groups in total. The molecule has 0 spiro atoms. The second-order valence-electron chi connectivity index (χ2n) is 4.67. The maximum absolute atomic E-state index is 11.7. The second-order valence-corrected chi connectivity index (χ2v) is 5.97. The highest BCUT2D eigenvalue weighted by molar-refractivity contribution is 7.48. The number of para-hydroxylation sites is 1. The van der Waals surface area contributed by atoms with Gasteiger partial charge >= 0.3 is 13.8 Å². The lowest BCUT2D eigenvalue weighted by Crippen LogP contribution is -2.36. The van der Waals surface area contributed by atoms with Gasteiger partial charge in [-0.05, 0) is 18.6 Å². The lowest BCUT2D eigenvalue weighted by atomic mass is 10.3. The molecule has 124 valence electrons. The summed E-state index contributed by atoms with van der Waals surface area (Å²) in [4.78, 5) is 21.2. The first-order chi connectivity index (χ1) is 10.4. The van der Waals surface area contributed by atoms with Crippen LogP contribution in [0.1, 0.15) is 26.2 Å². The quantitative estimate of drug-likeness (QED) is 0.500. The van der Waals surface area contributed by atoms with Gasteiger partial charge in [0.15, 0.2) is 0 Å². The zero-order valence-corrected chi connectivity index (χ0v) is 13.4. The van der Waals surface area contributed by atoms with E-state index in [1.807, 2.05) is 0 Å². The topological polar surface area (TPSA) is 108 Å². The summed E-state index contributed by atoms with van der Waals surface area (Å²) in [6.45, 7) is 2.47.